The monoisotopic (exact) mass is 289 g/mol. The largest absolute Gasteiger partial charge is 0.384 e. The van der Waals surface area contributed by atoms with Gasteiger partial charge in [-0.3, -0.25) is 4.90 Å². The van der Waals surface area contributed by atoms with Gasteiger partial charge in [0.2, 0.25) is 0 Å². The minimum absolute atomic E-state index is 0.244. The number of aliphatic hydroxyl groups excluding tert-OH is 1. The van der Waals surface area contributed by atoms with Crippen LogP contribution in [-0.2, 0) is 6.54 Å². The molecule has 0 unspecified atom stereocenters. The topological polar surface area (TPSA) is 23.5 Å². The highest BCUT2D eigenvalue weighted by Crippen LogP contribution is 2.25. The van der Waals surface area contributed by atoms with E-state index in [-0.39, 0.29) is 12.4 Å². The predicted octanol–water partition coefficient (Wildman–Crippen LogP) is 3.04. The molecule has 0 saturated carbocycles. The normalized spacial score (nSPS) is 16.8. The van der Waals surface area contributed by atoms with Crippen molar-refractivity contribution in [3.05, 3.63) is 35.1 Å². The van der Waals surface area contributed by atoms with E-state index >= 15 is 0 Å². The molecule has 0 bridgehead atoms. The molecule has 1 heterocycles. The molecule has 0 amide bonds. The van der Waals surface area contributed by atoms with Gasteiger partial charge in [0.1, 0.15) is 12.4 Å². The van der Waals surface area contributed by atoms with Gasteiger partial charge in [0.05, 0.1) is 5.56 Å². The van der Waals surface area contributed by atoms with Crippen molar-refractivity contribution < 1.29 is 9.50 Å². The highest BCUT2D eigenvalue weighted by atomic mass is 19.1. The first-order valence-electron chi connectivity index (χ1n) is 7.70. The molecule has 2 nitrogen and oxygen atoms in total. The number of rotatable bonds is 3. The lowest BCUT2D eigenvalue weighted by Gasteiger charge is -2.33. The van der Waals surface area contributed by atoms with Crippen molar-refractivity contribution in [2.24, 2.45) is 11.8 Å². The summed E-state index contributed by atoms with van der Waals surface area (Å²) in [6.07, 6.45) is 2.49. The molecule has 1 aromatic carbocycles. The SMILES string of the molecule is CC(C)C1CCN(Cc2ccc(F)c(C#CCO)c2)CC1. The van der Waals surface area contributed by atoms with Gasteiger partial charge < -0.3 is 5.11 Å². The van der Waals surface area contributed by atoms with Crippen molar-refractivity contribution in [2.75, 3.05) is 19.7 Å². The molecule has 0 radical (unpaired) electrons. The molecule has 0 aromatic heterocycles. The number of nitrogens with zero attached hydrogens (tertiary/aromatic N) is 1. The Balaban J connectivity index is 1.98. The Labute approximate surface area is 127 Å². The van der Waals surface area contributed by atoms with E-state index in [4.69, 9.17) is 5.11 Å². The van der Waals surface area contributed by atoms with Gasteiger partial charge in [-0.05, 0) is 55.5 Å². The number of aliphatic hydroxyl groups is 1. The van der Waals surface area contributed by atoms with E-state index < -0.39 is 0 Å². The van der Waals surface area contributed by atoms with Crippen molar-refractivity contribution in [1.29, 1.82) is 0 Å². The Kier molecular flexibility index (Phi) is 5.78. The van der Waals surface area contributed by atoms with Crippen molar-refractivity contribution in [1.82, 2.24) is 4.90 Å². The summed E-state index contributed by atoms with van der Waals surface area (Å²) in [5.41, 5.74) is 1.46. The first kappa shape index (κ1) is 16.0. The molecule has 0 spiro atoms. The Morgan fingerprint density at radius 1 is 1.33 bits per heavy atom. The molecule has 21 heavy (non-hydrogen) atoms. The number of piperidine rings is 1. The molecular weight excluding hydrogens is 265 g/mol. The van der Waals surface area contributed by atoms with E-state index in [1.807, 2.05) is 6.07 Å². The third-order valence-corrected chi connectivity index (χ3v) is 4.31. The van der Waals surface area contributed by atoms with E-state index in [0.717, 1.165) is 37.0 Å². The van der Waals surface area contributed by atoms with Gasteiger partial charge in [0.15, 0.2) is 0 Å². The van der Waals surface area contributed by atoms with E-state index in [1.165, 1.54) is 18.9 Å². The van der Waals surface area contributed by atoms with Crippen LogP contribution in [0.5, 0.6) is 0 Å². The molecule has 2 rings (SSSR count). The second-order valence-corrected chi connectivity index (χ2v) is 6.13. The number of benzene rings is 1. The number of halogens is 1. The second-order valence-electron chi connectivity index (χ2n) is 6.13. The molecule has 1 N–H and O–H groups in total. The Hall–Kier alpha value is -1.37. The second kappa shape index (κ2) is 7.59. The molecule has 0 aliphatic carbocycles. The van der Waals surface area contributed by atoms with Crippen LogP contribution < -0.4 is 0 Å². The smallest absolute Gasteiger partial charge is 0.138 e. The van der Waals surface area contributed by atoms with E-state index in [9.17, 15) is 4.39 Å². The maximum absolute atomic E-state index is 13.6. The first-order chi connectivity index (χ1) is 10.1. The lowest BCUT2D eigenvalue weighted by atomic mass is 9.86. The standard InChI is InChI=1S/C18H24FNO/c1-14(2)16-7-9-20(10-8-16)13-15-5-6-18(19)17(12-15)4-3-11-21/h5-6,12,14,16,21H,7-11,13H2,1-2H3. The highest BCUT2D eigenvalue weighted by molar-refractivity contribution is 5.38. The molecule has 0 atom stereocenters. The fraction of sp³-hybridized carbons (Fsp3) is 0.556. The van der Waals surface area contributed by atoms with Gasteiger partial charge in [-0.15, -0.1) is 0 Å². The third kappa shape index (κ3) is 4.56. The van der Waals surface area contributed by atoms with Crippen molar-refractivity contribution in [3.8, 4) is 11.8 Å². The average molecular weight is 289 g/mol. The van der Waals surface area contributed by atoms with Crippen molar-refractivity contribution >= 4 is 0 Å². The quantitative estimate of drug-likeness (QED) is 0.865. The molecule has 3 heteroatoms. The van der Waals surface area contributed by atoms with Crippen LogP contribution in [0.15, 0.2) is 18.2 Å². The van der Waals surface area contributed by atoms with Gasteiger partial charge >= 0.3 is 0 Å². The van der Waals surface area contributed by atoms with E-state index in [2.05, 4.69) is 30.6 Å². The zero-order valence-corrected chi connectivity index (χ0v) is 12.9. The van der Waals surface area contributed by atoms with Crippen molar-refractivity contribution in [2.45, 2.75) is 33.2 Å². The molecule has 1 aromatic rings. The molecular formula is C18H24FNO. The highest BCUT2D eigenvalue weighted by Gasteiger charge is 2.21. The van der Waals surface area contributed by atoms with Gasteiger partial charge in [-0.25, -0.2) is 4.39 Å². The molecule has 1 saturated heterocycles. The van der Waals surface area contributed by atoms with Crippen LogP contribution in [0.2, 0.25) is 0 Å². The van der Waals surface area contributed by atoms with E-state index in [1.54, 1.807) is 6.07 Å². The first-order valence-corrected chi connectivity index (χ1v) is 7.70. The number of likely N-dealkylation sites (tertiary alicyclic amines) is 1. The summed E-state index contributed by atoms with van der Waals surface area (Å²) in [4.78, 5) is 2.43. The van der Waals surface area contributed by atoms with Crippen LogP contribution in [0, 0.1) is 29.5 Å². The zero-order chi connectivity index (χ0) is 15.2. The van der Waals surface area contributed by atoms with Crippen molar-refractivity contribution in [3.63, 3.8) is 0 Å². The minimum Gasteiger partial charge on any atom is -0.384 e. The molecule has 114 valence electrons. The third-order valence-electron chi connectivity index (χ3n) is 4.31. The van der Waals surface area contributed by atoms with Gasteiger partial charge in [0, 0.05) is 6.54 Å². The fourth-order valence-electron chi connectivity index (χ4n) is 2.94. The Bertz CT molecular complexity index is 522. The lowest BCUT2D eigenvalue weighted by Crippen LogP contribution is -2.34. The van der Waals surface area contributed by atoms with Gasteiger partial charge in [-0.2, -0.15) is 0 Å². The van der Waals surface area contributed by atoms with Crippen LogP contribution in [0.25, 0.3) is 0 Å². The summed E-state index contributed by atoms with van der Waals surface area (Å²) < 4.78 is 13.6. The van der Waals surface area contributed by atoms with Crippen LogP contribution in [0.3, 0.4) is 0 Å². The number of hydrogen-bond acceptors (Lipinski definition) is 2. The Morgan fingerprint density at radius 3 is 2.67 bits per heavy atom. The van der Waals surface area contributed by atoms with Crippen LogP contribution in [-0.4, -0.2) is 29.7 Å². The fourth-order valence-corrected chi connectivity index (χ4v) is 2.94. The van der Waals surface area contributed by atoms with Gasteiger partial charge in [0.25, 0.3) is 0 Å². The summed E-state index contributed by atoms with van der Waals surface area (Å²) in [6.45, 7) is 7.42. The van der Waals surface area contributed by atoms with Gasteiger partial charge in [-0.1, -0.05) is 31.8 Å². The lowest BCUT2D eigenvalue weighted by molar-refractivity contribution is 0.152. The van der Waals surface area contributed by atoms with Crippen LogP contribution in [0.1, 0.15) is 37.8 Å². The zero-order valence-electron chi connectivity index (χ0n) is 12.9. The summed E-state index contributed by atoms with van der Waals surface area (Å²) in [5.74, 6) is 6.45. The maximum atomic E-state index is 13.6. The molecule has 1 aliphatic heterocycles. The molecule has 1 aliphatic rings. The van der Waals surface area contributed by atoms with Crippen LogP contribution >= 0.6 is 0 Å². The molecule has 1 fully saturated rings. The summed E-state index contributed by atoms with van der Waals surface area (Å²) in [5, 5.41) is 8.71. The summed E-state index contributed by atoms with van der Waals surface area (Å²) in [6, 6.07) is 5.10. The minimum atomic E-state index is -0.321. The number of hydrogen-bond donors (Lipinski definition) is 1. The van der Waals surface area contributed by atoms with E-state index in [0.29, 0.717) is 5.56 Å². The van der Waals surface area contributed by atoms with Crippen LogP contribution in [0.4, 0.5) is 4.39 Å². The Morgan fingerprint density at radius 2 is 2.05 bits per heavy atom. The predicted molar refractivity (Wildman–Crippen MR) is 83.2 cm³/mol. The maximum Gasteiger partial charge on any atom is 0.138 e. The summed E-state index contributed by atoms with van der Waals surface area (Å²) in [7, 11) is 0. The summed E-state index contributed by atoms with van der Waals surface area (Å²) >= 11 is 0. The average Bonchev–Trinajstić information content (AvgIpc) is 2.48.